The Kier molecular flexibility index (Phi) is 3.22. The van der Waals surface area contributed by atoms with Gasteiger partial charge in [-0.3, -0.25) is 10.1 Å². The maximum atomic E-state index is 11.7. The summed E-state index contributed by atoms with van der Waals surface area (Å²) in [4.78, 5) is 24.0. The molecular formula is C11H18N2O4. The summed E-state index contributed by atoms with van der Waals surface area (Å²) in [6.45, 7) is 1.97. The molecule has 0 bridgehead atoms. The highest BCUT2D eigenvalue weighted by Crippen LogP contribution is 2.49. The average molecular weight is 242 g/mol. The quantitative estimate of drug-likeness (QED) is 0.422. The zero-order valence-corrected chi connectivity index (χ0v) is 10.1. The van der Waals surface area contributed by atoms with Gasteiger partial charge in [-0.15, -0.1) is 0 Å². The number of hydrogen-bond donors (Lipinski definition) is 0. The third-order valence-corrected chi connectivity index (χ3v) is 3.75. The van der Waals surface area contributed by atoms with Crippen molar-refractivity contribution in [3.8, 4) is 0 Å². The monoisotopic (exact) mass is 242 g/mol. The molecule has 2 aliphatic rings. The Bertz CT molecular complexity index is 333. The summed E-state index contributed by atoms with van der Waals surface area (Å²) in [6.07, 6.45) is 4.53. The van der Waals surface area contributed by atoms with E-state index in [0.717, 1.165) is 32.1 Å². The van der Waals surface area contributed by atoms with Crippen LogP contribution in [0.15, 0.2) is 0 Å². The number of rotatable bonds is 2. The molecule has 2 rings (SSSR count). The number of carbonyl (C=O) groups is 1. The van der Waals surface area contributed by atoms with Crippen LogP contribution >= 0.6 is 0 Å². The number of amides is 1. The van der Waals surface area contributed by atoms with Crippen LogP contribution in [-0.2, 0) is 4.74 Å². The minimum atomic E-state index is -1.16. The molecular weight excluding hydrogens is 224 g/mol. The summed E-state index contributed by atoms with van der Waals surface area (Å²) < 4.78 is 4.90. The largest absolute Gasteiger partial charge is 0.450 e. The van der Waals surface area contributed by atoms with Crippen molar-refractivity contribution in [3.63, 3.8) is 0 Å². The van der Waals surface area contributed by atoms with Crippen molar-refractivity contribution in [1.82, 2.24) is 4.90 Å². The lowest BCUT2D eigenvalue weighted by Gasteiger charge is -2.10. The van der Waals surface area contributed by atoms with Crippen LogP contribution in [0.1, 0.15) is 45.4 Å². The lowest BCUT2D eigenvalue weighted by Crippen LogP contribution is -2.32. The number of nitro groups is 1. The predicted octanol–water partition coefficient (Wildman–Crippen LogP) is 2.15. The molecule has 1 saturated heterocycles. The molecule has 1 amide bonds. The van der Waals surface area contributed by atoms with Gasteiger partial charge in [-0.25, -0.2) is 9.69 Å². The van der Waals surface area contributed by atoms with Crippen molar-refractivity contribution >= 4 is 6.09 Å². The molecule has 2 atom stereocenters. The van der Waals surface area contributed by atoms with Crippen molar-refractivity contribution in [2.75, 3.05) is 6.61 Å². The van der Waals surface area contributed by atoms with E-state index in [1.807, 2.05) is 0 Å². The molecule has 0 radical (unpaired) electrons. The number of nitrogens with zero attached hydrogens (tertiary/aromatic N) is 2. The average Bonchev–Trinajstić information content (AvgIpc) is 2.86. The van der Waals surface area contributed by atoms with E-state index in [1.54, 1.807) is 6.92 Å². The second-order valence-corrected chi connectivity index (χ2v) is 4.67. The molecule has 96 valence electrons. The SMILES string of the molecule is CCOC(=O)N1[C@H]2CCCCCC[C@]21[N+](=O)[O-]. The maximum Gasteiger partial charge on any atom is 0.415 e. The molecule has 0 N–H and O–H groups in total. The number of hydrogen-bond acceptors (Lipinski definition) is 4. The van der Waals surface area contributed by atoms with Gasteiger partial charge >= 0.3 is 11.8 Å². The Labute approximate surface area is 100 Å². The summed E-state index contributed by atoms with van der Waals surface area (Å²) in [7, 11) is 0. The lowest BCUT2D eigenvalue weighted by molar-refractivity contribution is -0.551. The summed E-state index contributed by atoms with van der Waals surface area (Å²) in [5.74, 6) is 0. The fourth-order valence-corrected chi connectivity index (χ4v) is 2.88. The van der Waals surface area contributed by atoms with Crippen molar-refractivity contribution in [2.45, 2.75) is 57.2 Å². The van der Waals surface area contributed by atoms with Gasteiger partial charge in [-0.1, -0.05) is 19.3 Å². The maximum absolute atomic E-state index is 11.7. The molecule has 0 unspecified atom stereocenters. The van der Waals surface area contributed by atoms with Crippen LogP contribution in [0.4, 0.5) is 4.79 Å². The molecule has 0 spiro atoms. The van der Waals surface area contributed by atoms with Gasteiger partial charge in [0, 0.05) is 6.42 Å². The molecule has 0 aromatic heterocycles. The Morgan fingerprint density at radius 2 is 2.18 bits per heavy atom. The molecule has 0 aromatic carbocycles. The zero-order chi connectivity index (χ0) is 12.5. The van der Waals surface area contributed by atoms with E-state index >= 15 is 0 Å². The zero-order valence-electron chi connectivity index (χ0n) is 10.1. The number of ether oxygens (including phenoxy) is 1. The summed E-state index contributed by atoms with van der Waals surface area (Å²) in [5, 5.41) is 11.3. The van der Waals surface area contributed by atoms with E-state index in [9.17, 15) is 14.9 Å². The van der Waals surface area contributed by atoms with Gasteiger partial charge in [0.1, 0.15) is 6.04 Å². The Hall–Kier alpha value is -1.33. The Morgan fingerprint density at radius 3 is 2.82 bits per heavy atom. The van der Waals surface area contributed by atoms with Crippen LogP contribution < -0.4 is 0 Å². The fraction of sp³-hybridized carbons (Fsp3) is 0.909. The highest BCUT2D eigenvalue weighted by atomic mass is 16.6. The molecule has 1 heterocycles. The van der Waals surface area contributed by atoms with E-state index in [1.165, 1.54) is 4.90 Å². The first-order valence-corrected chi connectivity index (χ1v) is 6.25. The molecule has 6 nitrogen and oxygen atoms in total. The minimum absolute atomic E-state index is 0.253. The Balaban J connectivity index is 2.16. The molecule has 6 heteroatoms. The van der Waals surface area contributed by atoms with Gasteiger partial charge in [0.15, 0.2) is 0 Å². The van der Waals surface area contributed by atoms with Crippen LogP contribution in [-0.4, -0.2) is 34.2 Å². The van der Waals surface area contributed by atoms with Crippen molar-refractivity contribution in [3.05, 3.63) is 10.1 Å². The van der Waals surface area contributed by atoms with Crippen LogP contribution in [0, 0.1) is 10.1 Å². The van der Waals surface area contributed by atoms with Crippen LogP contribution in [0.5, 0.6) is 0 Å². The van der Waals surface area contributed by atoms with E-state index < -0.39 is 11.8 Å². The normalized spacial score (nSPS) is 32.1. The highest BCUT2D eigenvalue weighted by molar-refractivity contribution is 5.73. The fourth-order valence-electron chi connectivity index (χ4n) is 2.88. The first-order chi connectivity index (χ1) is 8.14. The van der Waals surface area contributed by atoms with Gasteiger partial charge in [0.2, 0.25) is 0 Å². The van der Waals surface area contributed by atoms with Crippen molar-refractivity contribution in [2.24, 2.45) is 0 Å². The second-order valence-electron chi connectivity index (χ2n) is 4.67. The standard InChI is InChI=1S/C11H18N2O4/c1-2-17-10(14)12-9-7-5-3-4-6-8-11(9,12)13(15)16/h9H,2-8H2,1H3/t9-,11-,12?/m0/s1. The first-order valence-electron chi connectivity index (χ1n) is 6.25. The Morgan fingerprint density at radius 1 is 1.47 bits per heavy atom. The van der Waals surface area contributed by atoms with Gasteiger partial charge in [-0.05, 0) is 19.8 Å². The molecule has 0 aromatic rings. The van der Waals surface area contributed by atoms with Crippen molar-refractivity contribution < 1.29 is 14.5 Å². The third-order valence-electron chi connectivity index (χ3n) is 3.75. The van der Waals surface area contributed by atoms with Gasteiger partial charge < -0.3 is 4.74 Å². The molecule has 2 fully saturated rings. The second kappa shape index (κ2) is 4.50. The van der Waals surface area contributed by atoms with Gasteiger partial charge in [0.25, 0.3) is 0 Å². The lowest BCUT2D eigenvalue weighted by atomic mass is 9.97. The highest BCUT2D eigenvalue weighted by Gasteiger charge is 2.76. The summed E-state index contributed by atoms with van der Waals surface area (Å²) >= 11 is 0. The predicted molar refractivity (Wildman–Crippen MR) is 60.1 cm³/mol. The van der Waals surface area contributed by atoms with Crippen LogP contribution in [0.3, 0.4) is 0 Å². The van der Waals surface area contributed by atoms with E-state index in [0.29, 0.717) is 6.42 Å². The topological polar surface area (TPSA) is 72.5 Å². The first kappa shape index (κ1) is 12.1. The van der Waals surface area contributed by atoms with E-state index in [2.05, 4.69) is 0 Å². The molecule has 1 aliphatic heterocycles. The summed E-state index contributed by atoms with van der Waals surface area (Å²) in [5.41, 5.74) is -1.16. The summed E-state index contributed by atoms with van der Waals surface area (Å²) in [6, 6.07) is -0.253. The van der Waals surface area contributed by atoms with E-state index in [-0.39, 0.29) is 17.6 Å². The molecule has 1 saturated carbocycles. The van der Waals surface area contributed by atoms with Crippen molar-refractivity contribution in [1.29, 1.82) is 0 Å². The number of fused-ring (bicyclic) bond motifs is 1. The smallest absolute Gasteiger partial charge is 0.415 e. The van der Waals surface area contributed by atoms with Crippen LogP contribution in [0.25, 0.3) is 0 Å². The number of carbonyl (C=O) groups excluding carboxylic acids is 1. The van der Waals surface area contributed by atoms with Crippen LogP contribution in [0.2, 0.25) is 0 Å². The third kappa shape index (κ3) is 1.85. The molecule has 17 heavy (non-hydrogen) atoms. The van der Waals surface area contributed by atoms with Gasteiger partial charge in [-0.2, -0.15) is 0 Å². The molecule has 1 aliphatic carbocycles. The van der Waals surface area contributed by atoms with E-state index in [4.69, 9.17) is 4.74 Å². The minimum Gasteiger partial charge on any atom is -0.450 e. The van der Waals surface area contributed by atoms with Gasteiger partial charge in [0.05, 0.1) is 11.5 Å².